The Kier molecular flexibility index (Phi) is 5.15. The van der Waals surface area contributed by atoms with Gasteiger partial charge in [-0.05, 0) is 29.7 Å². The first-order valence-electron chi connectivity index (χ1n) is 7.36. The van der Waals surface area contributed by atoms with Crippen LogP contribution in [-0.2, 0) is 4.79 Å². The van der Waals surface area contributed by atoms with Crippen molar-refractivity contribution >= 4 is 5.97 Å². The molecule has 128 valence electrons. The molecule has 0 bridgehead atoms. The van der Waals surface area contributed by atoms with Crippen LogP contribution in [0.4, 0.5) is 0 Å². The van der Waals surface area contributed by atoms with E-state index in [0.717, 1.165) is 12.1 Å². The monoisotopic (exact) mass is 333 g/mol. The lowest BCUT2D eigenvalue weighted by Crippen LogP contribution is -2.27. The number of carboxylic acids is 1. The van der Waals surface area contributed by atoms with Gasteiger partial charge in [-0.25, -0.2) is 0 Å². The van der Waals surface area contributed by atoms with Crippen molar-refractivity contribution in [1.82, 2.24) is 5.32 Å². The Hall–Kier alpha value is -2.93. The van der Waals surface area contributed by atoms with Gasteiger partial charge in [-0.2, -0.15) is 0 Å². The third-order valence-corrected chi connectivity index (χ3v) is 3.67. The second-order valence-corrected chi connectivity index (χ2v) is 5.37. The van der Waals surface area contributed by atoms with Crippen LogP contribution < -0.4 is 5.32 Å². The minimum atomic E-state index is -1.01. The van der Waals surface area contributed by atoms with Crippen LogP contribution in [-0.4, -0.2) is 38.0 Å². The Labute approximate surface area is 138 Å². The molecule has 0 radical (unpaired) electrons. The average molecular weight is 333 g/mol. The largest absolute Gasteiger partial charge is 0.508 e. The Morgan fingerprint density at radius 2 is 1.67 bits per heavy atom. The minimum Gasteiger partial charge on any atom is -0.508 e. The summed E-state index contributed by atoms with van der Waals surface area (Å²) in [5, 5.41) is 51.1. The molecule has 2 rings (SSSR count). The zero-order valence-corrected chi connectivity index (χ0v) is 13.0. The maximum absolute atomic E-state index is 10.8. The Bertz CT molecular complexity index is 736. The SMILES string of the molecule is CCC(NCC(=O)O)c1ccc(O)cc1-c1c(O)cc(O)cc1O. The molecule has 0 aliphatic carbocycles. The van der Waals surface area contributed by atoms with Crippen molar-refractivity contribution < 1.29 is 30.3 Å². The van der Waals surface area contributed by atoms with Gasteiger partial charge in [0.2, 0.25) is 0 Å². The van der Waals surface area contributed by atoms with Gasteiger partial charge in [0.05, 0.1) is 12.1 Å². The molecule has 0 aliphatic heterocycles. The smallest absolute Gasteiger partial charge is 0.317 e. The fourth-order valence-corrected chi connectivity index (χ4v) is 2.62. The molecular weight excluding hydrogens is 314 g/mol. The predicted octanol–water partition coefficient (Wildman–Crippen LogP) is 2.30. The fourth-order valence-electron chi connectivity index (χ4n) is 2.62. The average Bonchev–Trinajstić information content (AvgIpc) is 2.48. The van der Waals surface area contributed by atoms with Crippen LogP contribution in [0.15, 0.2) is 30.3 Å². The maximum atomic E-state index is 10.8. The lowest BCUT2D eigenvalue weighted by molar-refractivity contribution is -0.136. The van der Waals surface area contributed by atoms with Crippen molar-refractivity contribution in [3.05, 3.63) is 35.9 Å². The van der Waals surface area contributed by atoms with Crippen molar-refractivity contribution in [1.29, 1.82) is 0 Å². The number of phenols is 4. The van der Waals surface area contributed by atoms with Crippen molar-refractivity contribution in [2.75, 3.05) is 6.54 Å². The second-order valence-electron chi connectivity index (χ2n) is 5.37. The number of hydrogen-bond acceptors (Lipinski definition) is 6. The number of hydrogen-bond donors (Lipinski definition) is 6. The summed E-state index contributed by atoms with van der Waals surface area (Å²) in [4.78, 5) is 10.8. The van der Waals surface area contributed by atoms with Crippen LogP contribution >= 0.6 is 0 Å². The third kappa shape index (κ3) is 3.69. The van der Waals surface area contributed by atoms with Crippen LogP contribution in [0, 0.1) is 0 Å². The Balaban J connectivity index is 2.58. The molecule has 0 saturated carbocycles. The van der Waals surface area contributed by atoms with Gasteiger partial charge >= 0.3 is 5.97 Å². The van der Waals surface area contributed by atoms with E-state index in [4.69, 9.17) is 5.11 Å². The summed E-state index contributed by atoms with van der Waals surface area (Å²) >= 11 is 0. The summed E-state index contributed by atoms with van der Waals surface area (Å²) < 4.78 is 0. The number of aromatic hydroxyl groups is 4. The van der Waals surface area contributed by atoms with E-state index in [2.05, 4.69) is 5.32 Å². The van der Waals surface area contributed by atoms with Gasteiger partial charge in [0.25, 0.3) is 0 Å². The van der Waals surface area contributed by atoms with Crippen LogP contribution in [0.1, 0.15) is 24.9 Å². The highest BCUT2D eigenvalue weighted by Crippen LogP contribution is 2.44. The van der Waals surface area contributed by atoms with Gasteiger partial charge in [0.1, 0.15) is 23.0 Å². The summed E-state index contributed by atoms with van der Waals surface area (Å²) in [6, 6.07) is 6.19. The first-order valence-corrected chi connectivity index (χ1v) is 7.36. The molecule has 0 fully saturated rings. The summed E-state index contributed by atoms with van der Waals surface area (Å²) in [7, 11) is 0. The first kappa shape index (κ1) is 17.4. The van der Waals surface area contributed by atoms with Crippen LogP contribution in [0.2, 0.25) is 0 Å². The zero-order valence-electron chi connectivity index (χ0n) is 13.0. The number of benzene rings is 2. The van der Waals surface area contributed by atoms with Gasteiger partial charge in [-0.15, -0.1) is 0 Å². The highest BCUT2D eigenvalue weighted by molar-refractivity contribution is 5.81. The lowest BCUT2D eigenvalue weighted by atomic mass is 9.92. The van der Waals surface area contributed by atoms with E-state index < -0.39 is 5.97 Å². The summed E-state index contributed by atoms with van der Waals surface area (Å²) in [5.41, 5.74) is 0.997. The normalized spacial score (nSPS) is 12.0. The second kappa shape index (κ2) is 7.10. The molecule has 0 amide bonds. The van der Waals surface area contributed by atoms with Crippen LogP contribution in [0.3, 0.4) is 0 Å². The molecular formula is C17H19NO6. The molecule has 24 heavy (non-hydrogen) atoms. The maximum Gasteiger partial charge on any atom is 0.317 e. The zero-order chi connectivity index (χ0) is 17.9. The molecule has 6 N–H and O–H groups in total. The topological polar surface area (TPSA) is 130 Å². The molecule has 7 heteroatoms. The Morgan fingerprint density at radius 3 is 2.21 bits per heavy atom. The van der Waals surface area contributed by atoms with E-state index in [1.807, 2.05) is 6.92 Å². The molecule has 2 aromatic carbocycles. The molecule has 2 aromatic rings. The third-order valence-electron chi connectivity index (χ3n) is 3.67. The van der Waals surface area contributed by atoms with E-state index in [-0.39, 0.29) is 41.1 Å². The van der Waals surface area contributed by atoms with E-state index >= 15 is 0 Å². The fraction of sp³-hybridized carbons (Fsp3) is 0.235. The number of nitrogens with one attached hydrogen (secondary N) is 1. The van der Waals surface area contributed by atoms with E-state index in [1.54, 1.807) is 6.07 Å². The molecule has 0 aliphatic rings. The molecule has 0 aromatic heterocycles. The van der Waals surface area contributed by atoms with Crippen LogP contribution in [0.25, 0.3) is 11.1 Å². The van der Waals surface area contributed by atoms with Gasteiger partial charge in [0, 0.05) is 18.2 Å². The van der Waals surface area contributed by atoms with E-state index in [0.29, 0.717) is 17.5 Å². The van der Waals surface area contributed by atoms with Gasteiger partial charge < -0.3 is 30.8 Å². The lowest BCUT2D eigenvalue weighted by Gasteiger charge is -2.21. The molecule has 1 atom stereocenters. The molecule has 0 heterocycles. The van der Waals surface area contributed by atoms with E-state index in [1.165, 1.54) is 12.1 Å². The van der Waals surface area contributed by atoms with Gasteiger partial charge in [0.15, 0.2) is 0 Å². The number of phenolic OH excluding ortho intramolecular Hbond substituents is 4. The van der Waals surface area contributed by atoms with Crippen molar-refractivity contribution in [2.45, 2.75) is 19.4 Å². The summed E-state index contributed by atoms with van der Waals surface area (Å²) in [6.07, 6.45) is 0.546. The van der Waals surface area contributed by atoms with Crippen LogP contribution in [0.5, 0.6) is 23.0 Å². The van der Waals surface area contributed by atoms with Crippen molar-refractivity contribution in [3.63, 3.8) is 0 Å². The Morgan fingerprint density at radius 1 is 1.04 bits per heavy atom. The molecule has 0 saturated heterocycles. The van der Waals surface area contributed by atoms with Gasteiger partial charge in [-0.3, -0.25) is 4.79 Å². The molecule has 1 unspecified atom stereocenters. The quantitative estimate of drug-likeness (QED) is 0.478. The van der Waals surface area contributed by atoms with Crippen molar-refractivity contribution in [2.24, 2.45) is 0 Å². The summed E-state index contributed by atoms with van der Waals surface area (Å²) in [5.74, 6) is -2.09. The number of carbonyl (C=O) groups is 1. The number of carboxylic acid groups (broad SMARTS) is 1. The number of aliphatic carboxylic acids is 1. The number of rotatable bonds is 6. The highest BCUT2D eigenvalue weighted by atomic mass is 16.4. The molecule has 0 spiro atoms. The predicted molar refractivity (Wildman–Crippen MR) is 87.2 cm³/mol. The standard InChI is InChI=1S/C17H19NO6/c1-2-13(18-8-16(23)24)11-4-3-9(19)5-12(11)17-14(21)6-10(20)7-15(17)22/h3-7,13,18-22H,2,8H2,1H3,(H,23,24). The van der Waals surface area contributed by atoms with Gasteiger partial charge in [-0.1, -0.05) is 13.0 Å². The first-order chi connectivity index (χ1) is 11.3. The molecule has 7 nitrogen and oxygen atoms in total. The van der Waals surface area contributed by atoms with Crippen molar-refractivity contribution in [3.8, 4) is 34.1 Å². The van der Waals surface area contributed by atoms with E-state index in [9.17, 15) is 25.2 Å². The minimum absolute atomic E-state index is 0.0503. The summed E-state index contributed by atoms with van der Waals surface area (Å²) in [6.45, 7) is 1.60. The highest BCUT2D eigenvalue weighted by Gasteiger charge is 2.21.